The van der Waals surface area contributed by atoms with Crippen LogP contribution in [0.2, 0.25) is 0 Å². The monoisotopic (exact) mass is 222 g/mol. The number of ether oxygens (including phenoxy) is 1. The second-order valence-electron chi connectivity index (χ2n) is 0.667. The van der Waals surface area contributed by atoms with Crippen LogP contribution in [0, 0.1) is 113 Å². The fraction of sp³-hybridized carbons (Fsp3) is 0.500. The Morgan fingerprint density at radius 2 is 1.78 bits per heavy atom. The minimum atomic E-state index is -0.369. The van der Waals surface area contributed by atoms with Crippen molar-refractivity contribution in [2.24, 2.45) is 0 Å². The summed E-state index contributed by atoms with van der Waals surface area (Å²) in [5.41, 5.74) is 0. The summed E-state index contributed by atoms with van der Waals surface area (Å²) in [6, 6.07) is 0. The summed E-state index contributed by atoms with van der Waals surface area (Å²) in [6.07, 6.45) is 0. The van der Waals surface area contributed by atoms with E-state index in [0.29, 0.717) is 0 Å². The maximum absolute atomic E-state index is 9.85. The van der Waals surface area contributed by atoms with E-state index >= 15 is 0 Å². The van der Waals surface area contributed by atoms with E-state index in [1.165, 1.54) is 13.7 Å². The van der Waals surface area contributed by atoms with Crippen LogP contribution in [-0.2, 0) is 4.74 Å². The van der Waals surface area contributed by atoms with Crippen LogP contribution in [0.15, 0.2) is 0 Å². The summed E-state index contributed by atoms with van der Waals surface area (Å²) < 4.78 is 4.16. The molecule has 0 amide bonds. The first kappa shape index (κ1) is 22.9. The Kier molecular flexibility index (Phi) is 44.9. The Morgan fingerprint density at radius 3 is 1.78 bits per heavy atom. The van der Waals surface area contributed by atoms with Gasteiger partial charge in [-0.25, -0.2) is 0 Å². The first-order valence-corrected chi connectivity index (χ1v) is 1.97. The van der Waals surface area contributed by atoms with E-state index in [1.807, 2.05) is 0 Å². The molecule has 0 radical (unpaired) electrons. The van der Waals surface area contributed by atoms with Crippen LogP contribution in [0.4, 0.5) is 4.79 Å². The maximum atomic E-state index is 9.85. The third-order valence-electron chi connectivity index (χ3n) is 0.319. The minimum absolute atomic E-state index is 0. The van der Waals surface area contributed by atoms with Crippen molar-refractivity contribution in [1.82, 2.24) is 0 Å². The molecule has 0 fully saturated rings. The predicted molar refractivity (Wildman–Crippen MR) is 26.5 cm³/mol. The van der Waals surface area contributed by atoms with E-state index in [2.05, 4.69) is 13.5 Å². The summed E-state index contributed by atoms with van der Waals surface area (Å²) in [5.74, 6) is -0.369. The van der Waals surface area contributed by atoms with Gasteiger partial charge in [-0.15, -0.1) is 0 Å². The van der Waals surface area contributed by atoms with Gasteiger partial charge in [0, 0.05) is 113 Å². The van der Waals surface area contributed by atoms with Gasteiger partial charge in [-0.1, -0.05) is 0 Å². The van der Waals surface area contributed by atoms with Crippen LogP contribution in [-0.4, -0.2) is 19.6 Å². The molecule has 0 aliphatic carbocycles. The molecule has 7 heteroatoms. The molecular weight excluding hydrogens is 218 g/mol. The Labute approximate surface area is 147 Å². The van der Waals surface area contributed by atoms with Crippen molar-refractivity contribution >= 4 is 21.2 Å². The number of hydrogen-bond acceptors (Lipinski definition) is 2. The van der Waals surface area contributed by atoms with Gasteiger partial charge in [-0.05, 0) is 0 Å². The number of methoxy groups -OCH3 is 1. The predicted octanol–water partition coefficient (Wildman–Crippen LogP) is 0.515. The topological polar surface area (TPSA) is 26.3 Å². The van der Waals surface area contributed by atoms with E-state index in [0.717, 1.165) is 0 Å². The molecule has 0 N–H and O–H groups in total. The van der Waals surface area contributed by atoms with Crippen LogP contribution in [0.25, 0.3) is 0 Å². The third kappa shape index (κ3) is 18.5. The number of carbonyl (C=O) groups is 1. The molecule has 56 valence electrons. The van der Waals surface area contributed by atoms with Crippen LogP contribution in [0.5, 0.6) is 0 Å². The normalized spacial score (nSPS) is 4.11. The molecule has 0 spiro atoms. The summed E-state index contributed by atoms with van der Waals surface area (Å²) in [5, 5.41) is 0. The molecule has 0 atom stereocenters. The molecular formula is C2H4Ar3BO2P. The first-order valence-electron chi connectivity index (χ1n) is 1.39. The molecule has 0 aromatic heterocycles. The van der Waals surface area contributed by atoms with Crippen molar-refractivity contribution in [2.45, 2.75) is 0 Å². The molecule has 0 aromatic rings. The van der Waals surface area contributed by atoms with Gasteiger partial charge in [-0.2, -0.15) is 0 Å². The van der Waals surface area contributed by atoms with E-state index in [4.69, 9.17) is 0 Å². The second-order valence-corrected chi connectivity index (χ2v) is 0.956. The Hall–Kier alpha value is 3.61. The molecule has 0 saturated carbocycles. The largest absolute Gasteiger partial charge is 0 e. The molecule has 0 unspecified atom stereocenters. The second kappa shape index (κ2) is 17.6. The smallest absolute Gasteiger partial charge is 0 e. The van der Waals surface area contributed by atoms with E-state index in [-0.39, 0.29) is 119 Å². The first-order chi connectivity index (χ1) is 2.81. The average Bonchev–Trinajstić information content (AvgIpc) is 1.65. The summed E-state index contributed by atoms with van der Waals surface area (Å²) in [7, 11) is 4.14. The fourth-order valence-electron chi connectivity index (χ4n) is 0.0589. The zero-order valence-corrected chi connectivity index (χ0v) is 7.58. The number of carbonyl (C=O) groups excluding carboxylic acids is 1. The van der Waals surface area contributed by atoms with Crippen molar-refractivity contribution in [3.05, 3.63) is 0 Å². The van der Waals surface area contributed by atoms with Crippen molar-refractivity contribution in [3.63, 3.8) is 0 Å². The third-order valence-corrected chi connectivity index (χ3v) is 0.555. The van der Waals surface area contributed by atoms with Gasteiger partial charge in [0.15, 0.2) is 0 Å². The van der Waals surface area contributed by atoms with Gasteiger partial charge in [0.1, 0.15) is 0 Å². The molecule has 0 aromatic carbocycles. The zero-order valence-electron chi connectivity index (χ0n) is 4.45. The van der Waals surface area contributed by atoms with Crippen LogP contribution >= 0.6 is 8.73 Å². The van der Waals surface area contributed by atoms with E-state index < -0.39 is 0 Å². The summed E-state index contributed by atoms with van der Waals surface area (Å²) in [6.45, 7) is 1.17. The van der Waals surface area contributed by atoms with E-state index in [9.17, 15) is 4.79 Å². The van der Waals surface area contributed by atoms with Crippen LogP contribution in [0.1, 0.15) is 0 Å². The van der Waals surface area contributed by atoms with Gasteiger partial charge in [-0.3, -0.25) is 0 Å². The molecule has 0 saturated heterocycles. The van der Waals surface area contributed by atoms with Crippen LogP contribution in [0.3, 0.4) is 0 Å². The van der Waals surface area contributed by atoms with Gasteiger partial charge >= 0.3 is 37.9 Å². The van der Waals surface area contributed by atoms with Gasteiger partial charge in [0.2, 0.25) is 0 Å². The standard InChI is InChI=1S/C2H4BO2P.3Ar/c1-5-2(4)3-6;;;/h6H,1H3;;;. The van der Waals surface area contributed by atoms with Crippen molar-refractivity contribution in [3.8, 4) is 0 Å². The molecule has 0 aliphatic rings. The van der Waals surface area contributed by atoms with Crippen molar-refractivity contribution in [2.75, 3.05) is 7.11 Å². The molecule has 0 aliphatic heterocycles. The fourth-order valence-corrected chi connectivity index (χ4v) is 0.177. The Balaban J connectivity index is -0.0000000417. The number of rotatable bonds is 1. The van der Waals surface area contributed by atoms with Crippen LogP contribution < -0.4 is 0 Å². The minimum Gasteiger partial charge on any atom is 0 e. The summed E-state index contributed by atoms with van der Waals surface area (Å²) in [4.78, 5) is 9.85. The zero-order chi connectivity index (χ0) is 4.99. The van der Waals surface area contributed by atoms with Gasteiger partial charge in [0.05, 0.1) is 0 Å². The summed E-state index contributed by atoms with van der Waals surface area (Å²) >= 11 is 0. The molecule has 0 heterocycles. The Morgan fingerprint density at radius 1 is 1.44 bits per heavy atom. The molecule has 9 heavy (non-hydrogen) atoms. The van der Waals surface area contributed by atoms with Gasteiger partial charge in [0.25, 0.3) is 0 Å². The number of hydrogen-bond donors (Lipinski definition) is 0. The SMILES string of the molecule is COC(=O)B=P.[Ar].[Ar].[Ar]. The molecule has 0 bridgehead atoms. The molecule has 2 nitrogen and oxygen atoms in total. The average molecular weight is 222 g/mol. The van der Waals surface area contributed by atoms with Gasteiger partial charge < -0.3 is 0 Å². The quantitative estimate of drug-likeness (QED) is 0.477. The Bertz CT molecular complexity index is 80.2. The molecule has 0 rings (SSSR count). The van der Waals surface area contributed by atoms with Crippen molar-refractivity contribution < 1.29 is 123 Å². The maximum Gasteiger partial charge on any atom is 0 e. The van der Waals surface area contributed by atoms with E-state index in [1.54, 1.807) is 0 Å². The van der Waals surface area contributed by atoms with Crippen molar-refractivity contribution in [1.29, 1.82) is 0 Å².